The van der Waals surface area contributed by atoms with E-state index in [0.717, 1.165) is 25.7 Å². The van der Waals surface area contributed by atoms with E-state index >= 15 is 0 Å². The standard InChI is InChI=1S/C18H24N2O2/c1-13-5-4-6-15(11-13)18(9-2-3-10-18)20-17(22)14-7-8-16(21)19-12-14/h4-6,11,14H,2-3,7-10,12H2,1H3,(H,19,21)(H,20,22)/t14-/m1/s1. The van der Waals surface area contributed by atoms with Gasteiger partial charge in [-0.2, -0.15) is 0 Å². The minimum Gasteiger partial charge on any atom is -0.355 e. The topological polar surface area (TPSA) is 58.2 Å². The third-order valence-electron chi connectivity index (χ3n) is 5.03. The molecule has 4 nitrogen and oxygen atoms in total. The normalized spacial score (nSPS) is 23.9. The van der Waals surface area contributed by atoms with E-state index in [1.165, 1.54) is 11.1 Å². The van der Waals surface area contributed by atoms with Gasteiger partial charge in [0.2, 0.25) is 11.8 Å². The number of nitrogens with one attached hydrogen (secondary N) is 2. The summed E-state index contributed by atoms with van der Waals surface area (Å²) in [5, 5.41) is 6.13. The second kappa shape index (κ2) is 6.11. The average molecular weight is 300 g/mol. The van der Waals surface area contributed by atoms with Crippen LogP contribution in [0, 0.1) is 12.8 Å². The van der Waals surface area contributed by atoms with Crippen LogP contribution in [0.1, 0.15) is 49.7 Å². The molecule has 1 aliphatic carbocycles. The highest BCUT2D eigenvalue weighted by atomic mass is 16.2. The van der Waals surface area contributed by atoms with Crippen LogP contribution in [0.4, 0.5) is 0 Å². The van der Waals surface area contributed by atoms with Crippen molar-refractivity contribution >= 4 is 11.8 Å². The van der Waals surface area contributed by atoms with E-state index < -0.39 is 0 Å². The van der Waals surface area contributed by atoms with E-state index in [1.54, 1.807) is 0 Å². The molecular weight excluding hydrogens is 276 g/mol. The zero-order valence-corrected chi connectivity index (χ0v) is 13.2. The Kier molecular flexibility index (Phi) is 4.19. The molecule has 1 heterocycles. The zero-order valence-electron chi connectivity index (χ0n) is 13.2. The minimum atomic E-state index is -0.218. The van der Waals surface area contributed by atoms with Crippen molar-refractivity contribution in [3.05, 3.63) is 35.4 Å². The van der Waals surface area contributed by atoms with Gasteiger partial charge in [0, 0.05) is 13.0 Å². The second-order valence-corrected chi connectivity index (χ2v) is 6.69. The Bertz CT molecular complexity index is 566. The van der Waals surface area contributed by atoms with Gasteiger partial charge < -0.3 is 10.6 Å². The first-order chi connectivity index (χ1) is 10.6. The first-order valence-corrected chi connectivity index (χ1v) is 8.25. The van der Waals surface area contributed by atoms with Crippen molar-refractivity contribution in [1.29, 1.82) is 0 Å². The highest BCUT2D eigenvalue weighted by molar-refractivity contribution is 5.84. The number of benzene rings is 1. The first-order valence-electron chi connectivity index (χ1n) is 8.25. The molecule has 1 aromatic carbocycles. The number of hydrogen-bond donors (Lipinski definition) is 2. The summed E-state index contributed by atoms with van der Waals surface area (Å²) in [5.74, 6) is 0.0432. The summed E-state index contributed by atoms with van der Waals surface area (Å²) in [6, 6.07) is 8.47. The first kappa shape index (κ1) is 15.1. The van der Waals surface area contributed by atoms with Crippen molar-refractivity contribution in [3.8, 4) is 0 Å². The van der Waals surface area contributed by atoms with Crippen molar-refractivity contribution < 1.29 is 9.59 Å². The van der Waals surface area contributed by atoms with Crippen molar-refractivity contribution in [1.82, 2.24) is 10.6 Å². The van der Waals surface area contributed by atoms with Gasteiger partial charge in [-0.3, -0.25) is 9.59 Å². The van der Waals surface area contributed by atoms with Crippen LogP contribution < -0.4 is 10.6 Å². The Balaban J connectivity index is 1.77. The van der Waals surface area contributed by atoms with E-state index in [9.17, 15) is 9.59 Å². The maximum absolute atomic E-state index is 12.7. The van der Waals surface area contributed by atoms with Crippen molar-refractivity contribution in [2.75, 3.05) is 6.54 Å². The largest absolute Gasteiger partial charge is 0.355 e. The molecule has 2 N–H and O–H groups in total. The van der Waals surface area contributed by atoms with Gasteiger partial charge >= 0.3 is 0 Å². The third-order valence-corrected chi connectivity index (χ3v) is 5.03. The van der Waals surface area contributed by atoms with E-state index in [-0.39, 0.29) is 23.3 Å². The Morgan fingerprint density at radius 1 is 1.32 bits per heavy atom. The molecular formula is C18H24N2O2. The summed E-state index contributed by atoms with van der Waals surface area (Å²) >= 11 is 0. The number of carbonyl (C=O) groups excluding carboxylic acids is 2. The molecule has 1 aliphatic heterocycles. The minimum absolute atomic E-state index is 0.0540. The molecule has 0 unspecified atom stereocenters. The summed E-state index contributed by atoms with van der Waals surface area (Å²) in [6.07, 6.45) is 5.41. The summed E-state index contributed by atoms with van der Waals surface area (Å²) in [7, 11) is 0. The van der Waals surface area contributed by atoms with Gasteiger partial charge in [0.1, 0.15) is 0 Å². The van der Waals surface area contributed by atoms with Crippen molar-refractivity contribution in [2.24, 2.45) is 5.92 Å². The molecule has 2 amide bonds. The average Bonchev–Trinajstić information content (AvgIpc) is 2.97. The van der Waals surface area contributed by atoms with Crippen molar-refractivity contribution in [3.63, 3.8) is 0 Å². The highest BCUT2D eigenvalue weighted by Gasteiger charge is 2.39. The van der Waals surface area contributed by atoms with Crippen LogP contribution in [-0.2, 0) is 15.1 Å². The smallest absolute Gasteiger partial charge is 0.225 e. The molecule has 1 saturated heterocycles. The molecule has 1 saturated carbocycles. The van der Waals surface area contributed by atoms with Gasteiger partial charge in [-0.15, -0.1) is 0 Å². The number of piperidine rings is 1. The lowest BCUT2D eigenvalue weighted by molar-refractivity contribution is -0.130. The van der Waals surface area contributed by atoms with Crippen LogP contribution >= 0.6 is 0 Å². The zero-order chi connectivity index (χ0) is 15.6. The molecule has 2 aliphatic rings. The number of carbonyl (C=O) groups is 2. The lowest BCUT2D eigenvalue weighted by atomic mass is 9.86. The number of hydrogen-bond acceptors (Lipinski definition) is 2. The lowest BCUT2D eigenvalue weighted by Crippen LogP contribution is -2.50. The molecule has 22 heavy (non-hydrogen) atoms. The Labute approximate surface area is 131 Å². The molecule has 118 valence electrons. The predicted molar refractivity (Wildman–Crippen MR) is 85.2 cm³/mol. The van der Waals surface area contributed by atoms with Gasteiger partial charge in [-0.05, 0) is 31.7 Å². The predicted octanol–water partition coefficient (Wildman–Crippen LogP) is 2.41. The van der Waals surface area contributed by atoms with E-state index in [1.807, 2.05) is 0 Å². The SMILES string of the molecule is Cc1cccc(C2(NC(=O)[C@@H]3CCC(=O)NC3)CCCC2)c1. The quantitative estimate of drug-likeness (QED) is 0.900. The maximum Gasteiger partial charge on any atom is 0.225 e. The molecule has 0 spiro atoms. The fourth-order valence-corrected chi connectivity index (χ4v) is 3.70. The van der Waals surface area contributed by atoms with E-state index in [0.29, 0.717) is 19.4 Å². The van der Waals surface area contributed by atoms with Gasteiger partial charge in [0.05, 0.1) is 11.5 Å². The van der Waals surface area contributed by atoms with Gasteiger partial charge in [-0.25, -0.2) is 0 Å². The van der Waals surface area contributed by atoms with Crippen molar-refractivity contribution in [2.45, 2.75) is 51.0 Å². The highest BCUT2D eigenvalue weighted by Crippen LogP contribution is 2.39. The molecule has 0 bridgehead atoms. The second-order valence-electron chi connectivity index (χ2n) is 6.69. The molecule has 1 atom stereocenters. The van der Waals surface area contributed by atoms with Crippen LogP contribution in [0.5, 0.6) is 0 Å². The molecule has 4 heteroatoms. The maximum atomic E-state index is 12.7. The fourth-order valence-electron chi connectivity index (χ4n) is 3.70. The fraction of sp³-hybridized carbons (Fsp3) is 0.556. The van der Waals surface area contributed by atoms with Gasteiger partial charge in [0.15, 0.2) is 0 Å². The molecule has 0 radical (unpaired) electrons. The van der Waals surface area contributed by atoms with Crippen LogP contribution in [-0.4, -0.2) is 18.4 Å². The Morgan fingerprint density at radius 2 is 2.09 bits per heavy atom. The van der Waals surface area contributed by atoms with Crippen LogP contribution in [0.25, 0.3) is 0 Å². The number of rotatable bonds is 3. The summed E-state index contributed by atoms with van der Waals surface area (Å²) in [6.45, 7) is 2.55. The third kappa shape index (κ3) is 3.01. The van der Waals surface area contributed by atoms with E-state index in [4.69, 9.17) is 0 Å². The van der Waals surface area contributed by atoms with Crippen LogP contribution in [0.2, 0.25) is 0 Å². The molecule has 0 aromatic heterocycles. The molecule has 1 aromatic rings. The van der Waals surface area contributed by atoms with Crippen LogP contribution in [0.15, 0.2) is 24.3 Å². The van der Waals surface area contributed by atoms with E-state index in [2.05, 4.69) is 41.8 Å². The Hall–Kier alpha value is -1.84. The van der Waals surface area contributed by atoms with Gasteiger partial charge in [-0.1, -0.05) is 42.7 Å². The van der Waals surface area contributed by atoms with Crippen LogP contribution in [0.3, 0.4) is 0 Å². The number of aryl methyl sites for hydroxylation is 1. The monoisotopic (exact) mass is 300 g/mol. The summed E-state index contributed by atoms with van der Waals surface area (Å²) in [5.41, 5.74) is 2.23. The number of amides is 2. The lowest BCUT2D eigenvalue weighted by Gasteiger charge is -2.34. The Morgan fingerprint density at radius 3 is 2.73 bits per heavy atom. The molecule has 2 fully saturated rings. The van der Waals surface area contributed by atoms with Gasteiger partial charge in [0.25, 0.3) is 0 Å². The molecule has 3 rings (SSSR count). The summed E-state index contributed by atoms with van der Waals surface area (Å²) in [4.78, 5) is 23.9. The summed E-state index contributed by atoms with van der Waals surface area (Å²) < 4.78 is 0.